The molecule has 0 aliphatic carbocycles. The molecular weight excluding hydrogens is 176 g/mol. The van der Waals surface area contributed by atoms with Gasteiger partial charge >= 0.3 is 5.97 Å². The smallest absolute Gasteiger partial charge is 0.338 e. The predicted molar refractivity (Wildman–Crippen MR) is 56.2 cm³/mol. The second-order valence-electron chi connectivity index (χ2n) is 3.11. The zero-order valence-corrected chi connectivity index (χ0v) is 8.54. The summed E-state index contributed by atoms with van der Waals surface area (Å²) in [4.78, 5) is 11.4. The molecular formula is C12H14O2. The molecule has 1 aromatic carbocycles. The fraction of sp³-hybridized carbons (Fsp3) is 0.250. The van der Waals surface area contributed by atoms with Crippen molar-refractivity contribution in [3.8, 4) is 5.75 Å². The minimum Gasteiger partial charge on any atom is -0.423 e. The number of hydrogen-bond donors (Lipinski definition) is 0. The largest absolute Gasteiger partial charge is 0.423 e. The van der Waals surface area contributed by atoms with E-state index in [0.717, 1.165) is 5.56 Å². The van der Waals surface area contributed by atoms with Gasteiger partial charge in [0, 0.05) is 5.57 Å². The average molecular weight is 190 g/mol. The van der Waals surface area contributed by atoms with Crippen LogP contribution in [0.25, 0.3) is 0 Å². The van der Waals surface area contributed by atoms with Gasteiger partial charge in [0.2, 0.25) is 0 Å². The van der Waals surface area contributed by atoms with Gasteiger partial charge in [-0.25, -0.2) is 4.79 Å². The SMILES string of the molecule is C=C(CC)C(=O)Oc1ccccc1C. The van der Waals surface area contributed by atoms with Crippen LogP contribution in [0, 0.1) is 6.92 Å². The molecule has 0 bridgehead atoms. The van der Waals surface area contributed by atoms with Crippen LogP contribution in [-0.4, -0.2) is 5.97 Å². The zero-order valence-electron chi connectivity index (χ0n) is 8.54. The molecule has 14 heavy (non-hydrogen) atoms. The molecule has 0 heterocycles. The van der Waals surface area contributed by atoms with Gasteiger partial charge in [0.25, 0.3) is 0 Å². The minimum absolute atomic E-state index is 0.346. The molecule has 0 aromatic heterocycles. The van der Waals surface area contributed by atoms with E-state index in [1.807, 2.05) is 32.0 Å². The lowest BCUT2D eigenvalue weighted by Gasteiger charge is -2.06. The van der Waals surface area contributed by atoms with E-state index < -0.39 is 0 Å². The van der Waals surface area contributed by atoms with Crippen molar-refractivity contribution in [2.75, 3.05) is 0 Å². The summed E-state index contributed by atoms with van der Waals surface area (Å²) in [5.41, 5.74) is 1.44. The summed E-state index contributed by atoms with van der Waals surface area (Å²) in [6.45, 7) is 7.40. The molecule has 0 saturated carbocycles. The normalized spacial score (nSPS) is 9.57. The van der Waals surface area contributed by atoms with E-state index in [1.165, 1.54) is 0 Å². The van der Waals surface area contributed by atoms with Gasteiger partial charge in [-0.3, -0.25) is 0 Å². The molecule has 0 spiro atoms. The highest BCUT2D eigenvalue weighted by atomic mass is 16.5. The standard InChI is InChI=1S/C12H14O2/c1-4-9(2)12(13)14-11-8-6-5-7-10(11)3/h5-8H,2,4H2,1,3H3. The van der Waals surface area contributed by atoms with Crippen LogP contribution in [0.1, 0.15) is 18.9 Å². The maximum absolute atomic E-state index is 11.4. The van der Waals surface area contributed by atoms with Crippen molar-refractivity contribution in [1.82, 2.24) is 0 Å². The number of ether oxygens (including phenoxy) is 1. The topological polar surface area (TPSA) is 26.3 Å². The van der Waals surface area contributed by atoms with Crippen LogP contribution in [-0.2, 0) is 4.79 Å². The molecule has 74 valence electrons. The Balaban J connectivity index is 2.75. The highest BCUT2D eigenvalue weighted by Crippen LogP contribution is 2.17. The molecule has 0 saturated heterocycles. The Hall–Kier alpha value is -1.57. The van der Waals surface area contributed by atoms with Crippen LogP contribution in [0.15, 0.2) is 36.4 Å². The van der Waals surface area contributed by atoms with Crippen LogP contribution in [0.2, 0.25) is 0 Å². The Morgan fingerprint density at radius 1 is 1.43 bits per heavy atom. The maximum Gasteiger partial charge on any atom is 0.338 e. The van der Waals surface area contributed by atoms with Gasteiger partial charge in [0.05, 0.1) is 0 Å². The van der Waals surface area contributed by atoms with E-state index in [4.69, 9.17) is 4.74 Å². The number of benzene rings is 1. The first kappa shape index (κ1) is 10.5. The quantitative estimate of drug-likeness (QED) is 0.416. The third kappa shape index (κ3) is 2.46. The van der Waals surface area contributed by atoms with E-state index in [-0.39, 0.29) is 5.97 Å². The highest BCUT2D eigenvalue weighted by molar-refractivity contribution is 5.89. The van der Waals surface area contributed by atoms with E-state index in [0.29, 0.717) is 17.7 Å². The average Bonchev–Trinajstić information content (AvgIpc) is 2.20. The van der Waals surface area contributed by atoms with Gasteiger partial charge in [-0.05, 0) is 25.0 Å². The molecule has 0 amide bonds. The van der Waals surface area contributed by atoms with Gasteiger partial charge in [-0.2, -0.15) is 0 Å². The van der Waals surface area contributed by atoms with Crippen molar-refractivity contribution in [2.24, 2.45) is 0 Å². The van der Waals surface area contributed by atoms with E-state index in [2.05, 4.69) is 6.58 Å². The molecule has 0 unspecified atom stereocenters. The van der Waals surface area contributed by atoms with Crippen molar-refractivity contribution < 1.29 is 9.53 Å². The monoisotopic (exact) mass is 190 g/mol. The first-order valence-electron chi connectivity index (χ1n) is 4.60. The van der Waals surface area contributed by atoms with E-state index >= 15 is 0 Å². The van der Waals surface area contributed by atoms with Gasteiger partial charge in [0.1, 0.15) is 5.75 Å². The van der Waals surface area contributed by atoms with Crippen LogP contribution in [0.4, 0.5) is 0 Å². The number of aryl methyl sites for hydroxylation is 1. The molecule has 0 fully saturated rings. The third-order valence-electron chi connectivity index (χ3n) is 2.01. The maximum atomic E-state index is 11.4. The molecule has 2 heteroatoms. The second-order valence-corrected chi connectivity index (χ2v) is 3.11. The van der Waals surface area contributed by atoms with Crippen molar-refractivity contribution in [2.45, 2.75) is 20.3 Å². The summed E-state index contributed by atoms with van der Waals surface area (Å²) in [6.07, 6.45) is 0.616. The van der Waals surface area contributed by atoms with E-state index in [9.17, 15) is 4.79 Å². The van der Waals surface area contributed by atoms with Crippen LogP contribution < -0.4 is 4.74 Å². The molecule has 0 aliphatic rings. The van der Waals surface area contributed by atoms with Crippen LogP contribution in [0.5, 0.6) is 5.75 Å². The van der Waals surface area contributed by atoms with Crippen molar-refractivity contribution >= 4 is 5.97 Å². The highest BCUT2D eigenvalue weighted by Gasteiger charge is 2.08. The fourth-order valence-corrected chi connectivity index (χ4v) is 0.987. The minimum atomic E-state index is -0.346. The summed E-state index contributed by atoms with van der Waals surface area (Å²) in [5.74, 6) is 0.258. The number of para-hydroxylation sites is 1. The molecule has 1 aromatic rings. The number of carbonyl (C=O) groups is 1. The van der Waals surface area contributed by atoms with Gasteiger partial charge in [0.15, 0.2) is 0 Å². The number of hydrogen-bond acceptors (Lipinski definition) is 2. The Labute approximate surface area is 84.2 Å². The lowest BCUT2D eigenvalue weighted by molar-refractivity contribution is -0.130. The summed E-state index contributed by atoms with van der Waals surface area (Å²) in [6, 6.07) is 7.42. The Bertz CT molecular complexity index is 353. The molecule has 0 aliphatic heterocycles. The van der Waals surface area contributed by atoms with Gasteiger partial charge in [-0.15, -0.1) is 0 Å². The summed E-state index contributed by atoms with van der Waals surface area (Å²) < 4.78 is 5.16. The number of esters is 1. The van der Waals surface area contributed by atoms with Gasteiger partial charge < -0.3 is 4.74 Å². The summed E-state index contributed by atoms with van der Waals surface area (Å²) >= 11 is 0. The Morgan fingerprint density at radius 2 is 2.07 bits per heavy atom. The van der Waals surface area contributed by atoms with Crippen molar-refractivity contribution in [3.05, 3.63) is 42.0 Å². The second kappa shape index (κ2) is 4.61. The molecule has 0 atom stereocenters. The van der Waals surface area contributed by atoms with Crippen molar-refractivity contribution in [3.63, 3.8) is 0 Å². The first-order chi connectivity index (χ1) is 6.65. The summed E-state index contributed by atoms with van der Waals surface area (Å²) in [7, 11) is 0. The lowest BCUT2D eigenvalue weighted by Crippen LogP contribution is -2.10. The van der Waals surface area contributed by atoms with Crippen LogP contribution >= 0.6 is 0 Å². The summed E-state index contributed by atoms with van der Waals surface area (Å²) in [5, 5.41) is 0. The van der Waals surface area contributed by atoms with Gasteiger partial charge in [-0.1, -0.05) is 31.7 Å². The predicted octanol–water partition coefficient (Wildman–Crippen LogP) is 2.87. The zero-order chi connectivity index (χ0) is 10.6. The Kier molecular flexibility index (Phi) is 3.46. The Morgan fingerprint density at radius 3 is 2.64 bits per heavy atom. The molecule has 0 N–H and O–H groups in total. The van der Waals surface area contributed by atoms with Crippen LogP contribution in [0.3, 0.4) is 0 Å². The third-order valence-corrected chi connectivity index (χ3v) is 2.01. The lowest BCUT2D eigenvalue weighted by atomic mass is 10.2. The molecule has 0 radical (unpaired) electrons. The molecule has 2 nitrogen and oxygen atoms in total. The first-order valence-corrected chi connectivity index (χ1v) is 4.60. The number of carbonyl (C=O) groups excluding carboxylic acids is 1. The fourth-order valence-electron chi connectivity index (χ4n) is 0.987. The van der Waals surface area contributed by atoms with E-state index in [1.54, 1.807) is 6.07 Å². The number of rotatable bonds is 3. The van der Waals surface area contributed by atoms with Crippen molar-refractivity contribution in [1.29, 1.82) is 0 Å². The molecule has 1 rings (SSSR count).